The number of hydrogen-bond donors (Lipinski definition) is 3. The van der Waals surface area contributed by atoms with E-state index in [0.29, 0.717) is 12.0 Å². The topological polar surface area (TPSA) is 69.6 Å². The minimum absolute atomic E-state index is 0.187. The summed E-state index contributed by atoms with van der Waals surface area (Å²) in [6.07, 6.45) is 2.51. The van der Waals surface area contributed by atoms with Gasteiger partial charge >= 0.3 is 5.97 Å². The highest BCUT2D eigenvalue weighted by Crippen LogP contribution is 2.23. The van der Waals surface area contributed by atoms with Crippen LogP contribution in [-0.2, 0) is 4.79 Å². The normalized spacial score (nSPS) is 14.1. The van der Waals surface area contributed by atoms with Gasteiger partial charge in [-0.3, -0.25) is 10.1 Å². The average molecular weight is 269 g/mol. The van der Waals surface area contributed by atoms with Gasteiger partial charge in [0.15, 0.2) is 0 Å². The van der Waals surface area contributed by atoms with E-state index in [-0.39, 0.29) is 11.8 Å². The molecule has 1 rings (SSSR count). The van der Waals surface area contributed by atoms with E-state index in [1.165, 1.54) is 0 Å². The van der Waals surface area contributed by atoms with Crippen LogP contribution in [0.1, 0.15) is 24.9 Å². The lowest BCUT2D eigenvalue weighted by Gasteiger charge is -2.20. The van der Waals surface area contributed by atoms with E-state index in [1.807, 2.05) is 19.2 Å². The molecular formula is C13H19NO3S. The van der Waals surface area contributed by atoms with Gasteiger partial charge in [0.25, 0.3) is 0 Å². The predicted molar refractivity (Wildman–Crippen MR) is 74.1 cm³/mol. The maximum absolute atomic E-state index is 11.1. The molecule has 0 aliphatic rings. The van der Waals surface area contributed by atoms with Crippen LogP contribution in [0.2, 0.25) is 0 Å². The van der Waals surface area contributed by atoms with E-state index in [9.17, 15) is 9.90 Å². The van der Waals surface area contributed by atoms with E-state index in [0.717, 1.165) is 5.75 Å². The first kappa shape index (κ1) is 14.9. The molecule has 2 atom stereocenters. The van der Waals surface area contributed by atoms with Gasteiger partial charge in [0.2, 0.25) is 0 Å². The molecule has 0 saturated carbocycles. The molecule has 5 heteroatoms. The van der Waals surface area contributed by atoms with Crippen molar-refractivity contribution in [2.75, 3.05) is 12.0 Å². The first-order chi connectivity index (χ1) is 8.56. The van der Waals surface area contributed by atoms with Crippen molar-refractivity contribution in [1.29, 1.82) is 0 Å². The van der Waals surface area contributed by atoms with Crippen molar-refractivity contribution in [3.63, 3.8) is 0 Å². The summed E-state index contributed by atoms with van der Waals surface area (Å²) in [6.45, 7) is 1.85. The fourth-order valence-corrected chi connectivity index (χ4v) is 2.23. The number of carboxylic acid groups (broad SMARTS) is 1. The lowest BCUT2D eigenvalue weighted by molar-refractivity contribution is -0.139. The molecule has 0 aromatic heterocycles. The molecule has 0 saturated heterocycles. The van der Waals surface area contributed by atoms with Crippen LogP contribution < -0.4 is 5.32 Å². The van der Waals surface area contributed by atoms with Crippen LogP contribution in [0.25, 0.3) is 0 Å². The zero-order valence-electron chi connectivity index (χ0n) is 10.6. The maximum atomic E-state index is 11.1. The summed E-state index contributed by atoms with van der Waals surface area (Å²) in [5.74, 6) is 0.120. The fourth-order valence-electron chi connectivity index (χ4n) is 1.76. The van der Waals surface area contributed by atoms with Crippen molar-refractivity contribution in [2.24, 2.45) is 0 Å². The van der Waals surface area contributed by atoms with E-state index in [4.69, 9.17) is 5.11 Å². The monoisotopic (exact) mass is 269 g/mol. The number of carboxylic acids is 1. The number of aliphatic carboxylic acids is 1. The summed E-state index contributed by atoms with van der Waals surface area (Å²) in [6, 6.07) is 6.17. The molecule has 18 heavy (non-hydrogen) atoms. The summed E-state index contributed by atoms with van der Waals surface area (Å²) < 4.78 is 0. The number of aromatic hydroxyl groups is 1. The lowest BCUT2D eigenvalue weighted by atomic mass is 10.1. The second-order valence-electron chi connectivity index (χ2n) is 4.12. The van der Waals surface area contributed by atoms with Crippen molar-refractivity contribution in [2.45, 2.75) is 25.4 Å². The summed E-state index contributed by atoms with van der Waals surface area (Å²) in [7, 11) is 0. The van der Waals surface area contributed by atoms with Crippen molar-refractivity contribution in [1.82, 2.24) is 5.32 Å². The number of nitrogens with one attached hydrogen (secondary N) is 1. The molecular weight excluding hydrogens is 250 g/mol. The van der Waals surface area contributed by atoms with Crippen molar-refractivity contribution in [3.8, 4) is 5.75 Å². The quantitative estimate of drug-likeness (QED) is 0.708. The standard InChI is InChI=1S/C13H19NO3S/c1-9(10-5-3-4-6-12(10)15)14-11(13(16)17)7-8-18-2/h3-6,9,11,14-15H,7-8H2,1-2H3,(H,16,17). The van der Waals surface area contributed by atoms with Crippen LogP contribution in [-0.4, -0.2) is 34.2 Å². The Morgan fingerprint density at radius 3 is 2.67 bits per heavy atom. The molecule has 1 aromatic carbocycles. The first-order valence-electron chi connectivity index (χ1n) is 5.82. The van der Waals surface area contributed by atoms with Crippen LogP contribution in [0.15, 0.2) is 24.3 Å². The van der Waals surface area contributed by atoms with Gasteiger partial charge in [-0.25, -0.2) is 0 Å². The summed E-state index contributed by atoms with van der Waals surface area (Å²) in [5, 5.41) is 21.9. The highest BCUT2D eigenvalue weighted by Gasteiger charge is 2.20. The molecule has 0 radical (unpaired) electrons. The Balaban J connectivity index is 2.69. The van der Waals surface area contributed by atoms with Crippen molar-refractivity contribution < 1.29 is 15.0 Å². The van der Waals surface area contributed by atoms with Crippen LogP contribution in [0.5, 0.6) is 5.75 Å². The third-order valence-corrected chi connectivity index (χ3v) is 3.41. The van der Waals surface area contributed by atoms with Gasteiger partial charge < -0.3 is 10.2 Å². The number of para-hydroxylation sites is 1. The second-order valence-corrected chi connectivity index (χ2v) is 5.11. The SMILES string of the molecule is CSCCC(NC(C)c1ccccc1O)C(=O)O. The fraction of sp³-hybridized carbons (Fsp3) is 0.462. The molecule has 0 aliphatic carbocycles. The van der Waals surface area contributed by atoms with E-state index >= 15 is 0 Å². The van der Waals surface area contributed by atoms with Crippen LogP contribution in [0.4, 0.5) is 0 Å². The van der Waals surface area contributed by atoms with Crippen LogP contribution in [0, 0.1) is 0 Å². The molecule has 0 spiro atoms. The smallest absolute Gasteiger partial charge is 0.320 e. The third-order valence-electron chi connectivity index (χ3n) is 2.76. The summed E-state index contributed by atoms with van der Waals surface area (Å²) >= 11 is 1.62. The molecule has 0 bridgehead atoms. The summed E-state index contributed by atoms with van der Waals surface area (Å²) in [5.41, 5.74) is 0.716. The number of hydrogen-bond acceptors (Lipinski definition) is 4. The minimum atomic E-state index is -0.855. The van der Waals surface area contributed by atoms with Crippen molar-refractivity contribution >= 4 is 17.7 Å². The average Bonchev–Trinajstić information content (AvgIpc) is 2.34. The molecule has 0 amide bonds. The number of rotatable bonds is 7. The highest BCUT2D eigenvalue weighted by atomic mass is 32.2. The Bertz CT molecular complexity index is 398. The Kier molecular flexibility index (Phi) is 6.01. The van der Waals surface area contributed by atoms with Gasteiger partial charge in [-0.2, -0.15) is 11.8 Å². The van der Waals surface area contributed by atoms with E-state index < -0.39 is 12.0 Å². The zero-order valence-corrected chi connectivity index (χ0v) is 11.4. The lowest BCUT2D eigenvalue weighted by Crippen LogP contribution is -2.38. The van der Waals surface area contributed by atoms with E-state index in [1.54, 1.807) is 30.0 Å². The van der Waals surface area contributed by atoms with Crippen LogP contribution in [0.3, 0.4) is 0 Å². The first-order valence-corrected chi connectivity index (χ1v) is 7.21. The molecule has 100 valence electrons. The molecule has 0 fully saturated rings. The van der Waals surface area contributed by atoms with Gasteiger partial charge in [0.1, 0.15) is 11.8 Å². The molecule has 0 heterocycles. The summed E-state index contributed by atoms with van der Waals surface area (Å²) in [4.78, 5) is 11.1. The zero-order chi connectivity index (χ0) is 13.5. The van der Waals surface area contributed by atoms with Gasteiger partial charge in [0.05, 0.1) is 0 Å². The van der Waals surface area contributed by atoms with Gasteiger partial charge in [-0.1, -0.05) is 18.2 Å². The van der Waals surface area contributed by atoms with Crippen LogP contribution >= 0.6 is 11.8 Å². The largest absolute Gasteiger partial charge is 0.508 e. The predicted octanol–water partition coefficient (Wildman–Crippen LogP) is 2.25. The Labute approximate surface area is 111 Å². The molecule has 2 unspecified atom stereocenters. The number of thioether (sulfide) groups is 1. The Morgan fingerprint density at radius 1 is 1.44 bits per heavy atom. The minimum Gasteiger partial charge on any atom is -0.508 e. The molecule has 4 nitrogen and oxygen atoms in total. The highest BCUT2D eigenvalue weighted by molar-refractivity contribution is 7.98. The molecule has 3 N–H and O–H groups in total. The van der Waals surface area contributed by atoms with Gasteiger partial charge in [-0.15, -0.1) is 0 Å². The van der Waals surface area contributed by atoms with E-state index in [2.05, 4.69) is 5.32 Å². The second kappa shape index (κ2) is 7.28. The Morgan fingerprint density at radius 2 is 2.11 bits per heavy atom. The van der Waals surface area contributed by atoms with Crippen molar-refractivity contribution in [3.05, 3.63) is 29.8 Å². The van der Waals surface area contributed by atoms with Gasteiger partial charge in [-0.05, 0) is 31.4 Å². The van der Waals surface area contributed by atoms with Gasteiger partial charge in [0, 0.05) is 11.6 Å². The number of benzene rings is 1. The number of carbonyl (C=O) groups is 1. The molecule has 0 aliphatic heterocycles. The third kappa shape index (κ3) is 4.23. The maximum Gasteiger partial charge on any atom is 0.320 e. The Hall–Kier alpha value is -1.20. The molecule has 1 aromatic rings. The number of phenolic OH excluding ortho intramolecular Hbond substituents is 1. The number of phenols is 1.